The Morgan fingerprint density at radius 1 is 1.70 bits per heavy atom. The molecule has 1 saturated heterocycles. The van der Waals surface area contributed by atoms with Crippen LogP contribution in [0.15, 0.2) is 6.20 Å². The van der Waals surface area contributed by atoms with Gasteiger partial charge in [0.1, 0.15) is 17.3 Å². The first-order valence-electron chi connectivity index (χ1n) is 6.52. The molecule has 0 aromatic carbocycles. The van der Waals surface area contributed by atoms with Crippen molar-refractivity contribution in [3.8, 4) is 6.07 Å². The van der Waals surface area contributed by atoms with Crippen molar-refractivity contribution in [1.82, 2.24) is 15.1 Å². The highest BCUT2D eigenvalue weighted by molar-refractivity contribution is 6.00. The first-order valence-corrected chi connectivity index (χ1v) is 6.52. The summed E-state index contributed by atoms with van der Waals surface area (Å²) >= 11 is 0. The molecule has 2 rings (SSSR count). The molecular formula is C12H16ClFN6O3. The number of primary amides is 1. The second-order valence-corrected chi connectivity index (χ2v) is 4.99. The normalized spacial score (nSPS) is 23.4. The van der Waals surface area contributed by atoms with E-state index in [9.17, 15) is 14.0 Å². The highest BCUT2D eigenvalue weighted by Gasteiger charge is 2.44. The molecule has 0 spiro atoms. The lowest BCUT2D eigenvalue weighted by Crippen LogP contribution is -2.53. The second-order valence-electron chi connectivity index (χ2n) is 4.99. The van der Waals surface area contributed by atoms with E-state index in [1.54, 1.807) is 0 Å². The summed E-state index contributed by atoms with van der Waals surface area (Å²) in [5.41, 5.74) is 3.75. The molecule has 2 heterocycles. The molecular weight excluding hydrogens is 331 g/mol. The summed E-state index contributed by atoms with van der Waals surface area (Å²) < 4.78 is 15.6. The van der Waals surface area contributed by atoms with Crippen molar-refractivity contribution in [3.63, 3.8) is 0 Å². The lowest BCUT2D eigenvalue weighted by atomic mass is 9.84. The number of carbonyl (C=O) groups excluding carboxylic acids is 1. The van der Waals surface area contributed by atoms with Gasteiger partial charge in [-0.2, -0.15) is 10.4 Å². The molecule has 1 aromatic heterocycles. The summed E-state index contributed by atoms with van der Waals surface area (Å²) in [6, 6.07) is 1.92. The summed E-state index contributed by atoms with van der Waals surface area (Å²) in [7, 11) is 0. The number of carboxylic acid groups (broad SMARTS) is 1. The van der Waals surface area contributed by atoms with Crippen LogP contribution in [0.5, 0.6) is 0 Å². The van der Waals surface area contributed by atoms with Crippen LogP contribution < -0.4 is 16.4 Å². The molecule has 23 heavy (non-hydrogen) atoms. The van der Waals surface area contributed by atoms with Gasteiger partial charge in [0.25, 0.3) is 5.91 Å². The number of anilines is 1. The van der Waals surface area contributed by atoms with Gasteiger partial charge in [-0.25, -0.2) is 9.18 Å². The van der Waals surface area contributed by atoms with Crippen molar-refractivity contribution in [1.29, 1.82) is 5.26 Å². The highest BCUT2D eigenvalue weighted by atomic mass is 35.5. The maximum Gasteiger partial charge on any atom is 0.410 e. The Kier molecular flexibility index (Phi) is 5.89. The van der Waals surface area contributed by atoms with Crippen molar-refractivity contribution in [2.45, 2.75) is 24.6 Å². The minimum absolute atomic E-state index is 0. The van der Waals surface area contributed by atoms with E-state index in [-0.39, 0.29) is 43.2 Å². The average Bonchev–Trinajstić information content (AvgIpc) is 2.85. The third-order valence-electron chi connectivity index (χ3n) is 3.69. The van der Waals surface area contributed by atoms with Crippen LogP contribution >= 0.6 is 12.4 Å². The van der Waals surface area contributed by atoms with E-state index in [1.165, 1.54) is 6.20 Å². The second kappa shape index (κ2) is 7.26. The van der Waals surface area contributed by atoms with E-state index in [1.807, 2.05) is 11.4 Å². The molecule has 1 aromatic rings. The fourth-order valence-corrected chi connectivity index (χ4v) is 2.53. The number of alkyl halides is 1. The van der Waals surface area contributed by atoms with Gasteiger partial charge in [0, 0.05) is 12.7 Å². The number of nitriles is 1. The van der Waals surface area contributed by atoms with Gasteiger partial charge in [-0.1, -0.05) is 0 Å². The zero-order valence-corrected chi connectivity index (χ0v) is 12.8. The number of rotatable bonds is 4. The molecule has 9 nitrogen and oxygen atoms in total. The maximum atomic E-state index is 14.5. The van der Waals surface area contributed by atoms with Crippen LogP contribution in [0.25, 0.3) is 0 Å². The van der Waals surface area contributed by atoms with Crippen LogP contribution in [-0.4, -0.2) is 46.1 Å². The van der Waals surface area contributed by atoms with Crippen LogP contribution in [0.3, 0.4) is 0 Å². The van der Waals surface area contributed by atoms with Crippen LogP contribution in [0, 0.1) is 11.3 Å². The number of nitrogens with one attached hydrogen (secondary N) is 2. The molecule has 2 amide bonds. The van der Waals surface area contributed by atoms with E-state index in [4.69, 9.17) is 16.1 Å². The molecule has 2 unspecified atom stereocenters. The molecule has 1 aliphatic heterocycles. The monoisotopic (exact) mass is 346 g/mol. The van der Waals surface area contributed by atoms with Gasteiger partial charge >= 0.3 is 6.09 Å². The third-order valence-corrected chi connectivity index (χ3v) is 3.69. The van der Waals surface area contributed by atoms with Crippen LogP contribution in [-0.2, 0) is 5.54 Å². The average molecular weight is 347 g/mol. The van der Waals surface area contributed by atoms with Crippen molar-refractivity contribution >= 4 is 30.2 Å². The molecule has 1 fully saturated rings. The number of nitrogens with two attached hydrogens (primary N) is 1. The molecule has 5 N–H and O–H groups in total. The van der Waals surface area contributed by atoms with Crippen LogP contribution in [0.4, 0.5) is 15.0 Å². The first-order chi connectivity index (χ1) is 10.4. The number of carbonyl (C=O) groups is 2. The number of halogens is 2. The topological polar surface area (TPSA) is 146 Å². The molecule has 126 valence electrons. The Hall–Kier alpha value is -2.38. The molecule has 0 bridgehead atoms. The first kappa shape index (κ1) is 18.7. The van der Waals surface area contributed by atoms with Gasteiger partial charge in [0.05, 0.1) is 12.5 Å². The number of hydrogen-bond donors (Lipinski definition) is 4. The number of amides is 2. The molecule has 0 radical (unpaired) electrons. The Labute approximate surface area is 137 Å². The number of aromatic nitrogens is 2. The Bertz CT molecular complexity index is 645. The zero-order chi connectivity index (χ0) is 16.3. The van der Waals surface area contributed by atoms with Crippen molar-refractivity contribution in [2.75, 3.05) is 18.4 Å². The largest absolute Gasteiger partial charge is 0.465 e. The van der Waals surface area contributed by atoms with Crippen LogP contribution in [0.2, 0.25) is 0 Å². The predicted octanol–water partition coefficient (Wildman–Crippen LogP) is 0.434. The van der Waals surface area contributed by atoms with E-state index < -0.39 is 23.7 Å². The molecule has 0 saturated carbocycles. The number of nitrogens with zero attached hydrogens (tertiary/aromatic N) is 3. The fourth-order valence-electron chi connectivity index (χ4n) is 2.53. The summed E-state index contributed by atoms with van der Waals surface area (Å²) in [4.78, 5) is 22.2. The zero-order valence-electron chi connectivity index (χ0n) is 12.0. The predicted molar refractivity (Wildman–Crippen MR) is 80.2 cm³/mol. The van der Waals surface area contributed by atoms with E-state index >= 15 is 0 Å². The molecule has 11 heteroatoms. The Balaban J connectivity index is 0.00000264. The molecule has 1 aliphatic rings. The summed E-state index contributed by atoms with van der Waals surface area (Å²) in [5, 5.41) is 26.5. The van der Waals surface area contributed by atoms with Crippen molar-refractivity contribution in [3.05, 3.63) is 11.8 Å². The molecule has 2 atom stereocenters. The van der Waals surface area contributed by atoms with Gasteiger partial charge in [-0.05, 0) is 13.0 Å². The summed E-state index contributed by atoms with van der Waals surface area (Å²) in [5.74, 6) is -1.17. The summed E-state index contributed by atoms with van der Waals surface area (Å²) in [6.07, 6.45) is -1.55. The third kappa shape index (κ3) is 3.52. The minimum atomic E-state index is -1.43. The number of piperidine rings is 1. The lowest BCUT2D eigenvalue weighted by Gasteiger charge is -2.39. The quantitative estimate of drug-likeness (QED) is 0.622. The van der Waals surface area contributed by atoms with E-state index in [0.29, 0.717) is 6.54 Å². The lowest BCUT2D eigenvalue weighted by molar-refractivity contribution is 0.0684. The van der Waals surface area contributed by atoms with Crippen molar-refractivity contribution in [2.24, 2.45) is 5.73 Å². The Morgan fingerprint density at radius 3 is 2.91 bits per heavy atom. The minimum Gasteiger partial charge on any atom is -0.465 e. The van der Waals surface area contributed by atoms with Gasteiger partial charge in [0.2, 0.25) is 0 Å². The smallest absolute Gasteiger partial charge is 0.410 e. The maximum absolute atomic E-state index is 14.5. The van der Waals surface area contributed by atoms with E-state index in [2.05, 4.69) is 10.4 Å². The highest BCUT2D eigenvalue weighted by Crippen LogP contribution is 2.34. The number of hydrogen-bond acceptors (Lipinski definition) is 5. The Morgan fingerprint density at radius 2 is 2.39 bits per heavy atom. The van der Waals surface area contributed by atoms with E-state index in [0.717, 1.165) is 4.68 Å². The van der Waals surface area contributed by atoms with Gasteiger partial charge in [-0.3, -0.25) is 14.8 Å². The van der Waals surface area contributed by atoms with Gasteiger partial charge < -0.3 is 16.2 Å². The molecule has 0 aliphatic carbocycles. The van der Waals surface area contributed by atoms with Crippen molar-refractivity contribution < 1.29 is 19.1 Å². The fraction of sp³-hybridized carbons (Fsp3) is 0.500. The standard InChI is InChI=1S/C12H15FN6O3.ClH/c13-8-5-16-4-2-12(8,1-3-14)19-6-7(9(15)20)10(18-19)17-11(21)22;/h6,8,16H,1-2,4-5H2,(H2,15,20)(H,17,18)(H,21,22);1H. The van der Waals surface area contributed by atoms with Crippen LogP contribution in [0.1, 0.15) is 23.2 Å². The summed E-state index contributed by atoms with van der Waals surface area (Å²) in [6.45, 7) is 0.505. The van der Waals surface area contributed by atoms with Gasteiger partial charge in [0.15, 0.2) is 5.82 Å². The SMILES string of the molecule is Cl.N#CCC1(n2cc(C(N)=O)c(NC(=O)O)n2)CCNCC1F. The van der Waals surface area contributed by atoms with Gasteiger partial charge in [-0.15, -0.1) is 12.4 Å².